The number of hydrogen-bond donors (Lipinski definition) is 2. The number of hydrogen-bond acceptors (Lipinski definition) is 1. The third-order valence-electron chi connectivity index (χ3n) is 1.99. The highest BCUT2D eigenvalue weighted by Gasteiger charge is 2.08. The lowest BCUT2D eigenvalue weighted by Crippen LogP contribution is -1.98. The number of H-pyrrole nitrogens is 1. The maximum absolute atomic E-state index is 8.91. The SMILES string of the molecule is Cc1cc([C@H](C)CO)c(C)[nH]1. The highest BCUT2D eigenvalue weighted by Crippen LogP contribution is 2.19. The first kappa shape index (κ1) is 8.34. The molecule has 0 aromatic carbocycles. The van der Waals surface area contributed by atoms with E-state index in [0.717, 1.165) is 5.69 Å². The summed E-state index contributed by atoms with van der Waals surface area (Å²) in [5.74, 6) is 0.250. The standard InChI is InChI=1S/C9H15NO/c1-6(5-11)9-4-7(2)10-8(9)3/h4,6,10-11H,5H2,1-3H3/t6-/m1/s1. The molecule has 1 atom stereocenters. The van der Waals surface area contributed by atoms with Gasteiger partial charge in [-0.1, -0.05) is 6.92 Å². The van der Waals surface area contributed by atoms with Crippen LogP contribution in [0.1, 0.15) is 29.8 Å². The normalized spacial score (nSPS) is 13.5. The molecule has 2 heteroatoms. The van der Waals surface area contributed by atoms with Crippen molar-refractivity contribution in [1.29, 1.82) is 0 Å². The molecule has 1 heterocycles. The molecular formula is C9H15NO. The molecular weight excluding hydrogens is 138 g/mol. The van der Waals surface area contributed by atoms with Crippen molar-refractivity contribution in [3.8, 4) is 0 Å². The van der Waals surface area contributed by atoms with Crippen LogP contribution < -0.4 is 0 Å². The van der Waals surface area contributed by atoms with Gasteiger partial charge in [0.05, 0.1) is 0 Å². The third-order valence-corrected chi connectivity index (χ3v) is 1.99. The second-order valence-corrected chi connectivity index (χ2v) is 3.12. The van der Waals surface area contributed by atoms with Crippen molar-refractivity contribution in [2.24, 2.45) is 0 Å². The van der Waals surface area contributed by atoms with Crippen LogP contribution in [0.3, 0.4) is 0 Å². The van der Waals surface area contributed by atoms with Gasteiger partial charge in [0.25, 0.3) is 0 Å². The number of aromatic amines is 1. The van der Waals surface area contributed by atoms with Gasteiger partial charge < -0.3 is 10.1 Å². The molecule has 1 rings (SSSR count). The second kappa shape index (κ2) is 3.09. The maximum atomic E-state index is 8.91. The summed E-state index contributed by atoms with van der Waals surface area (Å²) in [7, 11) is 0. The van der Waals surface area contributed by atoms with E-state index in [1.54, 1.807) is 0 Å². The van der Waals surface area contributed by atoms with Crippen LogP contribution in [0, 0.1) is 13.8 Å². The number of aliphatic hydroxyl groups is 1. The van der Waals surface area contributed by atoms with Gasteiger partial charge >= 0.3 is 0 Å². The van der Waals surface area contributed by atoms with Gasteiger partial charge in [0, 0.05) is 23.9 Å². The van der Waals surface area contributed by atoms with E-state index in [2.05, 4.69) is 11.1 Å². The van der Waals surface area contributed by atoms with Gasteiger partial charge in [-0.3, -0.25) is 0 Å². The second-order valence-electron chi connectivity index (χ2n) is 3.12. The van der Waals surface area contributed by atoms with Crippen LogP contribution in [-0.2, 0) is 0 Å². The van der Waals surface area contributed by atoms with Crippen LogP contribution in [0.2, 0.25) is 0 Å². The van der Waals surface area contributed by atoms with Crippen molar-refractivity contribution in [2.45, 2.75) is 26.7 Å². The zero-order valence-electron chi connectivity index (χ0n) is 7.31. The summed E-state index contributed by atoms with van der Waals surface area (Å²) in [6, 6.07) is 2.09. The largest absolute Gasteiger partial charge is 0.396 e. The van der Waals surface area contributed by atoms with Crippen molar-refractivity contribution in [3.63, 3.8) is 0 Å². The number of nitrogens with one attached hydrogen (secondary N) is 1. The molecule has 0 radical (unpaired) electrons. The number of rotatable bonds is 2. The maximum Gasteiger partial charge on any atom is 0.0497 e. The van der Waals surface area contributed by atoms with Gasteiger partial charge in [0.1, 0.15) is 0 Å². The van der Waals surface area contributed by atoms with Crippen LogP contribution in [0.5, 0.6) is 0 Å². The van der Waals surface area contributed by atoms with Crippen molar-refractivity contribution < 1.29 is 5.11 Å². The fourth-order valence-electron chi connectivity index (χ4n) is 1.36. The molecule has 0 aliphatic carbocycles. The summed E-state index contributed by atoms with van der Waals surface area (Å²) in [5.41, 5.74) is 3.56. The van der Waals surface area contributed by atoms with E-state index >= 15 is 0 Å². The summed E-state index contributed by atoms with van der Waals surface area (Å²) in [6.45, 7) is 6.31. The monoisotopic (exact) mass is 153 g/mol. The van der Waals surface area contributed by atoms with E-state index < -0.39 is 0 Å². The van der Waals surface area contributed by atoms with E-state index in [0.29, 0.717) is 0 Å². The molecule has 11 heavy (non-hydrogen) atoms. The highest BCUT2D eigenvalue weighted by atomic mass is 16.3. The zero-order chi connectivity index (χ0) is 8.43. The molecule has 0 saturated carbocycles. The zero-order valence-corrected chi connectivity index (χ0v) is 7.31. The van der Waals surface area contributed by atoms with E-state index in [4.69, 9.17) is 5.11 Å². The average molecular weight is 153 g/mol. The molecule has 1 aromatic heterocycles. The lowest BCUT2D eigenvalue weighted by molar-refractivity contribution is 0.273. The van der Waals surface area contributed by atoms with Crippen LogP contribution in [-0.4, -0.2) is 16.7 Å². The number of aromatic nitrogens is 1. The Morgan fingerprint density at radius 2 is 2.18 bits per heavy atom. The first-order chi connectivity index (χ1) is 5.15. The van der Waals surface area contributed by atoms with Crippen LogP contribution in [0.15, 0.2) is 6.07 Å². The predicted octanol–water partition coefficient (Wildman–Crippen LogP) is 1.73. The Morgan fingerprint density at radius 3 is 2.55 bits per heavy atom. The summed E-state index contributed by atoms with van der Waals surface area (Å²) >= 11 is 0. The average Bonchev–Trinajstić information content (AvgIpc) is 2.28. The molecule has 0 saturated heterocycles. The molecule has 0 bridgehead atoms. The smallest absolute Gasteiger partial charge is 0.0497 e. The number of aryl methyl sites for hydroxylation is 2. The van der Waals surface area contributed by atoms with Gasteiger partial charge in [0.15, 0.2) is 0 Å². The fraction of sp³-hybridized carbons (Fsp3) is 0.556. The first-order valence-electron chi connectivity index (χ1n) is 3.92. The lowest BCUT2D eigenvalue weighted by atomic mass is 10.0. The molecule has 2 nitrogen and oxygen atoms in total. The molecule has 0 unspecified atom stereocenters. The minimum Gasteiger partial charge on any atom is -0.396 e. The van der Waals surface area contributed by atoms with Crippen molar-refractivity contribution in [3.05, 3.63) is 23.0 Å². The Morgan fingerprint density at radius 1 is 1.55 bits per heavy atom. The van der Waals surface area contributed by atoms with E-state index in [1.165, 1.54) is 11.3 Å². The predicted molar refractivity (Wildman–Crippen MR) is 45.8 cm³/mol. The molecule has 62 valence electrons. The molecule has 1 aromatic rings. The van der Waals surface area contributed by atoms with E-state index in [1.807, 2.05) is 20.8 Å². The third kappa shape index (κ3) is 1.63. The van der Waals surface area contributed by atoms with Crippen molar-refractivity contribution >= 4 is 0 Å². The van der Waals surface area contributed by atoms with E-state index in [-0.39, 0.29) is 12.5 Å². The van der Waals surface area contributed by atoms with Gasteiger partial charge in [-0.05, 0) is 25.5 Å². The molecule has 0 amide bonds. The quantitative estimate of drug-likeness (QED) is 0.667. The minimum atomic E-state index is 0.220. The van der Waals surface area contributed by atoms with Crippen LogP contribution >= 0.6 is 0 Å². The van der Waals surface area contributed by atoms with Gasteiger partial charge in [0.2, 0.25) is 0 Å². The van der Waals surface area contributed by atoms with Crippen molar-refractivity contribution in [2.75, 3.05) is 6.61 Å². The topological polar surface area (TPSA) is 36.0 Å². The Labute approximate surface area is 67.3 Å². The summed E-state index contributed by atoms with van der Waals surface area (Å²) in [6.07, 6.45) is 0. The van der Waals surface area contributed by atoms with Crippen LogP contribution in [0.25, 0.3) is 0 Å². The minimum absolute atomic E-state index is 0.220. The van der Waals surface area contributed by atoms with Gasteiger partial charge in [-0.25, -0.2) is 0 Å². The van der Waals surface area contributed by atoms with E-state index in [9.17, 15) is 0 Å². The number of aliphatic hydroxyl groups excluding tert-OH is 1. The first-order valence-corrected chi connectivity index (χ1v) is 3.92. The molecule has 0 fully saturated rings. The fourth-order valence-corrected chi connectivity index (χ4v) is 1.36. The van der Waals surface area contributed by atoms with Gasteiger partial charge in [-0.15, -0.1) is 0 Å². The molecule has 0 aliphatic heterocycles. The Bertz CT molecular complexity index is 240. The van der Waals surface area contributed by atoms with Crippen LogP contribution in [0.4, 0.5) is 0 Å². The van der Waals surface area contributed by atoms with Crippen molar-refractivity contribution in [1.82, 2.24) is 4.98 Å². The summed E-state index contributed by atoms with van der Waals surface area (Å²) in [4.78, 5) is 3.21. The Kier molecular flexibility index (Phi) is 2.35. The van der Waals surface area contributed by atoms with Gasteiger partial charge in [-0.2, -0.15) is 0 Å². The highest BCUT2D eigenvalue weighted by molar-refractivity contribution is 5.27. The molecule has 0 spiro atoms. The Hall–Kier alpha value is -0.760. The summed E-state index contributed by atoms with van der Waals surface area (Å²) in [5, 5.41) is 8.91. The summed E-state index contributed by atoms with van der Waals surface area (Å²) < 4.78 is 0. The molecule has 0 aliphatic rings. The Balaban J connectivity index is 2.93. The lowest BCUT2D eigenvalue weighted by Gasteiger charge is -2.05. The molecule has 2 N–H and O–H groups in total.